The van der Waals surface area contributed by atoms with E-state index in [1.54, 1.807) is 0 Å². The van der Waals surface area contributed by atoms with Gasteiger partial charge in [-0.25, -0.2) is 0 Å². The summed E-state index contributed by atoms with van der Waals surface area (Å²) >= 11 is 1.84. The molecule has 2 nitrogen and oxygen atoms in total. The minimum atomic E-state index is -0.207. The minimum absolute atomic E-state index is 0.207. The van der Waals surface area contributed by atoms with Crippen LogP contribution in [0.3, 0.4) is 0 Å². The van der Waals surface area contributed by atoms with Crippen molar-refractivity contribution in [2.75, 3.05) is 19.3 Å². The van der Waals surface area contributed by atoms with E-state index in [0.717, 1.165) is 5.75 Å². The maximum atomic E-state index is 9.40. The fraction of sp³-hybridized carbons (Fsp3) is 1.00. The topological polar surface area (TPSA) is 32.3 Å². The molecule has 0 aromatic rings. The predicted molar refractivity (Wildman–Crippen MR) is 56.7 cm³/mol. The third-order valence-corrected chi connectivity index (χ3v) is 3.58. The fourth-order valence-corrected chi connectivity index (χ4v) is 1.78. The monoisotopic (exact) mass is 191 g/mol. The molecule has 0 aromatic heterocycles. The Morgan fingerprint density at radius 3 is 2.33 bits per heavy atom. The van der Waals surface area contributed by atoms with E-state index in [2.05, 4.69) is 26.1 Å². The van der Waals surface area contributed by atoms with E-state index in [9.17, 15) is 5.11 Å². The summed E-state index contributed by atoms with van der Waals surface area (Å²) in [5.41, 5.74) is 0. The van der Waals surface area contributed by atoms with E-state index in [-0.39, 0.29) is 6.10 Å². The Bertz CT molecular complexity index is 109. The molecule has 0 amide bonds. The van der Waals surface area contributed by atoms with Crippen LogP contribution in [0.15, 0.2) is 0 Å². The third-order valence-electron chi connectivity index (χ3n) is 1.93. The molecule has 0 aliphatic rings. The highest BCUT2D eigenvalue weighted by molar-refractivity contribution is 7.99. The third kappa shape index (κ3) is 5.86. The van der Waals surface area contributed by atoms with Crippen LogP contribution in [0.2, 0.25) is 0 Å². The first-order valence-corrected chi connectivity index (χ1v) is 5.57. The van der Waals surface area contributed by atoms with Gasteiger partial charge in [-0.1, -0.05) is 20.8 Å². The van der Waals surface area contributed by atoms with Gasteiger partial charge in [0, 0.05) is 17.5 Å². The van der Waals surface area contributed by atoms with Crippen molar-refractivity contribution in [3.8, 4) is 0 Å². The van der Waals surface area contributed by atoms with Gasteiger partial charge in [-0.2, -0.15) is 11.8 Å². The lowest BCUT2D eigenvalue weighted by Crippen LogP contribution is -2.26. The smallest absolute Gasteiger partial charge is 0.0754 e. The number of aliphatic hydroxyl groups is 1. The molecule has 0 aromatic carbocycles. The lowest BCUT2D eigenvalue weighted by Gasteiger charge is -2.17. The molecule has 2 atom stereocenters. The predicted octanol–water partition coefficient (Wildman–Crippen LogP) is 1.34. The Morgan fingerprint density at radius 2 is 1.92 bits per heavy atom. The molecule has 2 unspecified atom stereocenters. The summed E-state index contributed by atoms with van der Waals surface area (Å²) in [4.78, 5) is 0. The molecule has 0 radical (unpaired) electrons. The van der Waals surface area contributed by atoms with Crippen molar-refractivity contribution >= 4 is 11.8 Å². The highest BCUT2D eigenvalue weighted by Gasteiger charge is 2.10. The molecule has 0 fully saturated rings. The Balaban J connectivity index is 3.40. The summed E-state index contributed by atoms with van der Waals surface area (Å²) in [5.74, 6) is 1.52. The number of aliphatic hydroxyl groups excluding tert-OH is 1. The number of likely N-dealkylation sites (N-methyl/N-ethyl adjacent to an activating group) is 1. The van der Waals surface area contributed by atoms with Gasteiger partial charge in [0.15, 0.2) is 0 Å². The van der Waals surface area contributed by atoms with Gasteiger partial charge in [0.1, 0.15) is 0 Å². The van der Waals surface area contributed by atoms with Crippen LogP contribution in [0.25, 0.3) is 0 Å². The molecular formula is C9H21NOS. The van der Waals surface area contributed by atoms with Crippen molar-refractivity contribution in [3.05, 3.63) is 0 Å². The lowest BCUT2D eigenvalue weighted by molar-refractivity contribution is 0.199. The van der Waals surface area contributed by atoms with Crippen LogP contribution in [0.4, 0.5) is 0 Å². The van der Waals surface area contributed by atoms with Gasteiger partial charge in [-0.15, -0.1) is 0 Å². The van der Waals surface area contributed by atoms with Crippen LogP contribution < -0.4 is 5.32 Å². The van der Waals surface area contributed by atoms with Crippen LogP contribution in [0, 0.1) is 5.92 Å². The van der Waals surface area contributed by atoms with Crippen LogP contribution >= 0.6 is 11.8 Å². The Morgan fingerprint density at radius 1 is 1.33 bits per heavy atom. The van der Waals surface area contributed by atoms with Gasteiger partial charge in [-0.3, -0.25) is 0 Å². The van der Waals surface area contributed by atoms with Crippen LogP contribution in [-0.4, -0.2) is 35.8 Å². The first-order chi connectivity index (χ1) is 5.57. The average Bonchev–Trinajstić information content (AvgIpc) is 2.00. The van der Waals surface area contributed by atoms with Crippen LogP contribution in [0.5, 0.6) is 0 Å². The van der Waals surface area contributed by atoms with Crippen molar-refractivity contribution in [2.45, 2.75) is 32.1 Å². The zero-order chi connectivity index (χ0) is 9.56. The van der Waals surface area contributed by atoms with E-state index in [0.29, 0.717) is 17.7 Å². The number of rotatable bonds is 6. The molecule has 2 N–H and O–H groups in total. The van der Waals surface area contributed by atoms with Crippen LogP contribution in [-0.2, 0) is 0 Å². The summed E-state index contributed by atoms with van der Waals surface area (Å²) < 4.78 is 0. The lowest BCUT2D eigenvalue weighted by atomic mass is 10.2. The van der Waals surface area contributed by atoms with E-state index >= 15 is 0 Å². The van der Waals surface area contributed by atoms with Crippen molar-refractivity contribution < 1.29 is 5.11 Å². The standard InChI is InChI=1S/C9H21NOS/c1-7(2)8(3)12-6-9(11)5-10-4/h7-11H,5-6H2,1-4H3. The molecule has 12 heavy (non-hydrogen) atoms. The molecule has 0 aliphatic carbocycles. The molecular weight excluding hydrogens is 170 g/mol. The molecule has 0 bridgehead atoms. The molecule has 0 saturated heterocycles. The first-order valence-electron chi connectivity index (χ1n) is 4.52. The number of hydrogen-bond donors (Lipinski definition) is 2. The fourth-order valence-electron chi connectivity index (χ4n) is 0.750. The first kappa shape index (κ1) is 12.3. The second-order valence-electron chi connectivity index (χ2n) is 3.49. The largest absolute Gasteiger partial charge is 0.391 e. The van der Waals surface area contributed by atoms with Crippen molar-refractivity contribution in [1.29, 1.82) is 0 Å². The van der Waals surface area contributed by atoms with E-state index < -0.39 is 0 Å². The van der Waals surface area contributed by atoms with Gasteiger partial charge in [0.25, 0.3) is 0 Å². The second-order valence-corrected chi connectivity index (χ2v) is 4.90. The second kappa shape index (κ2) is 6.75. The van der Waals surface area contributed by atoms with Crippen LogP contribution in [0.1, 0.15) is 20.8 Å². The summed E-state index contributed by atoms with van der Waals surface area (Å²) in [6.45, 7) is 7.32. The van der Waals surface area contributed by atoms with Crippen molar-refractivity contribution in [3.63, 3.8) is 0 Å². The summed E-state index contributed by atoms with van der Waals surface area (Å²) in [5, 5.41) is 13.0. The molecule has 0 spiro atoms. The van der Waals surface area contributed by atoms with Crippen molar-refractivity contribution in [2.24, 2.45) is 5.92 Å². The Kier molecular flexibility index (Phi) is 6.90. The summed E-state index contributed by atoms with van der Waals surface area (Å²) in [6.07, 6.45) is -0.207. The quantitative estimate of drug-likeness (QED) is 0.664. The maximum absolute atomic E-state index is 9.40. The number of hydrogen-bond acceptors (Lipinski definition) is 3. The highest BCUT2D eigenvalue weighted by Crippen LogP contribution is 2.18. The SMILES string of the molecule is CNCC(O)CSC(C)C(C)C. The zero-order valence-electron chi connectivity index (χ0n) is 8.50. The minimum Gasteiger partial charge on any atom is -0.391 e. The molecule has 0 rings (SSSR count). The molecule has 0 saturated carbocycles. The average molecular weight is 191 g/mol. The van der Waals surface area contributed by atoms with E-state index in [1.807, 2.05) is 18.8 Å². The van der Waals surface area contributed by atoms with E-state index in [1.165, 1.54) is 0 Å². The Hall–Kier alpha value is 0.270. The molecule has 0 aliphatic heterocycles. The summed E-state index contributed by atoms with van der Waals surface area (Å²) in [7, 11) is 1.86. The Labute approximate surface area is 80.1 Å². The van der Waals surface area contributed by atoms with Crippen molar-refractivity contribution in [1.82, 2.24) is 5.32 Å². The summed E-state index contributed by atoms with van der Waals surface area (Å²) in [6, 6.07) is 0. The van der Waals surface area contributed by atoms with Gasteiger partial charge in [0.05, 0.1) is 6.10 Å². The highest BCUT2D eigenvalue weighted by atomic mass is 32.2. The van der Waals surface area contributed by atoms with Gasteiger partial charge in [0.2, 0.25) is 0 Å². The number of nitrogens with one attached hydrogen (secondary N) is 1. The maximum Gasteiger partial charge on any atom is 0.0754 e. The number of thioether (sulfide) groups is 1. The molecule has 0 heterocycles. The molecule has 74 valence electrons. The normalized spacial score (nSPS) is 16.5. The van der Waals surface area contributed by atoms with Gasteiger partial charge in [-0.05, 0) is 13.0 Å². The van der Waals surface area contributed by atoms with E-state index in [4.69, 9.17) is 0 Å². The molecule has 3 heteroatoms. The zero-order valence-corrected chi connectivity index (χ0v) is 9.32. The van der Waals surface area contributed by atoms with Gasteiger partial charge >= 0.3 is 0 Å². The van der Waals surface area contributed by atoms with Gasteiger partial charge < -0.3 is 10.4 Å².